The van der Waals surface area contributed by atoms with E-state index >= 15 is 0 Å². The number of ether oxygens (including phenoxy) is 5. The largest absolute Gasteiger partial charge is 2.00 e. The zero-order chi connectivity index (χ0) is 33.7. The van der Waals surface area contributed by atoms with Crippen LogP contribution in [0.4, 0.5) is 0 Å². The van der Waals surface area contributed by atoms with Crippen LogP contribution in [0.5, 0.6) is 0 Å². The van der Waals surface area contributed by atoms with Gasteiger partial charge in [0.2, 0.25) is 17.7 Å². The molecule has 17 heteroatoms. The quantitative estimate of drug-likeness (QED) is 0.0870. The maximum atomic E-state index is 11.8. The van der Waals surface area contributed by atoms with Crippen LogP contribution in [0.25, 0.3) is 0 Å². The van der Waals surface area contributed by atoms with Crippen molar-refractivity contribution >= 4 is 37.5 Å². The first kappa shape index (κ1) is 55.9. The van der Waals surface area contributed by atoms with Crippen LogP contribution in [0.15, 0.2) is 0 Å². The van der Waals surface area contributed by atoms with Crippen LogP contribution < -0.4 is 10.6 Å². The molecule has 0 aliphatic carbocycles. The first-order chi connectivity index (χ1) is 20.8. The molecule has 2 N–H and O–H groups in total. The van der Waals surface area contributed by atoms with Crippen molar-refractivity contribution in [2.45, 2.75) is 65.4 Å². The van der Waals surface area contributed by atoms with Gasteiger partial charge in [0, 0.05) is 79.9 Å². The summed E-state index contributed by atoms with van der Waals surface area (Å²) in [5.74, 6) is -1.44. The van der Waals surface area contributed by atoms with Gasteiger partial charge in [-0.2, -0.15) is 0 Å². The molecule has 0 saturated carbocycles. The number of hydrogen-bond donors (Lipinski definition) is 2. The third-order valence-electron chi connectivity index (χ3n) is 6.71. The third kappa shape index (κ3) is 25.5. The Hall–Kier alpha value is -1.47. The Bertz CT molecular complexity index is 894. The Kier molecular flexibility index (Phi) is 38.1. The van der Waals surface area contributed by atoms with Crippen molar-refractivity contribution in [1.82, 2.24) is 20.4 Å². The Morgan fingerprint density at radius 2 is 1.58 bits per heavy atom. The van der Waals surface area contributed by atoms with Gasteiger partial charge in [0.1, 0.15) is 18.8 Å². The topological polar surface area (TPSA) is 162 Å². The fourth-order valence-corrected chi connectivity index (χ4v) is 4.04. The average Bonchev–Trinajstić information content (AvgIpc) is 2.97. The van der Waals surface area contributed by atoms with E-state index in [4.69, 9.17) is 31.5 Å². The van der Waals surface area contributed by atoms with Crippen molar-refractivity contribution in [2.75, 3.05) is 73.7 Å². The first-order valence-electron chi connectivity index (χ1n) is 14.8. The molecule has 5 unspecified atom stereocenters. The minimum Gasteiger partial charge on any atom is -0.463 e. The Labute approximate surface area is 316 Å². The number of rotatable bonds is 18. The normalized spacial score (nSPS) is 19.2. The number of nitrogens with one attached hydrogen (secondary N) is 2. The Morgan fingerprint density at radius 3 is 2.08 bits per heavy atom. The van der Waals surface area contributed by atoms with Crippen LogP contribution >= 0.6 is 0 Å². The van der Waals surface area contributed by atoms with Gasteiger partial charge >= 0.3 is 30.5 Å². The van der Waals surface area contributed by atoms with Gasteiger partial charge in [0.25, 0.3) is 0 Å². The molecule has 1 heterocycles. The number of esters is 2. The van der Waals surface area contributed by atoms with Gasteiger partial charge in [-0.1, -0.05) is 20.5 Å². The van der Waals surface area contributed by atoms with E-state index in [1.807, 2.05) is 32.8 Å². The summed E-state index contributed by atoms with van der Waals surface area (Å²) in [6, 6.07) is 0. The van der Waals surface area contributed by atoms with Gasteiger partial charge in [-0.15, -0.1) is 0 Å². The van der Waals surface area contributed by atoms with Crippen LogP contribution in [-0.2, 0) is 87.3 Å². The Morgan fingerprint density at radius 1 is 0.958 bits per heavy atom. The van der Waals surface area contributed by atoms with Gasteiger partial charge in [-0.05, 0) is 26.8 Å². The first-order valence-corrected chi connectivity index (χ1v) is 14.8. The van der Waals surface area contributed by atoms with E-state index in [1.165, 1.54) is 18.7 Å². The predicted octanol–water partition coefficient (Wildman–Crippen LogP) is 0.847. The molecular weight excluding hydrogens is 834 g/mol. The van der Waals surface area contributed by atoms with Crippen LogP contribution in [0.2, 0.25) is 6.32 Å². The molecule has 0 aromatic heterocycles. The van der Waals surface area contributed by atoms with E-state index in [0.717, 1.165) is 0 Å². The number of carbonyl (C=O) groups is 5. The van der Waals surface area contributed by atoms with Crippen molar-refractivity contribution < 1.29 is 87.3 Å². The SMILES string of the molecule is [B]CC(=O)N(CCN(C)C)CC(=O)NC.[CH2-]COCCNC(=O)CCCOC1OC(COC(C)=O)C(OC(C)=O)C(C)C1C.[CH3-].[CH3-].[V+2].[W]. The van der Waals surface area contributed by atoms with Crippen LogP contribution in [0, 0.1) is 33.6 Å². The molecule has 277 valence electrons. The summed E-state index contributed by atoms with van der Waals surface area (Å²) in [6.07, 6.45) is -0.905. The molecule has 3 radical (unpaired) electrons. The van der Waals surface area contributed by atoms with E-state index in [2.05, 4.69) is 17.6 Å². The minimum atomic E-state index is -0.615. The fourth-order valence-electron chi connectivity index (χ4n) is 4.04. The van der Waals surface area contributed by atoms with Crippen LogP contribution in [-0.4, -0.2) is 140 Å². The average molecular weight is 892 g/mol. The van der Waals surface area contributed by atoms with E-state index < -0.39 is 30.4 Å². The molecule has 0 spiro atoms. The molecule has 1 saturated heterocycles. The molecule has 0 aromatic carbocycles. The minimum absolute atomic E-state index is 0. The van der Waals surface area contributed by atoms with Crippen LogP contribution in [0.1, 0.15) is 40.5 Å². The van der Waals surface area contributed by atoms with E-state index in [9.17, 15) is 24.0 Å². The maximum Gasteiger partial charge on any atom is 2.00 e. The van der Waals surface area contributed by atoms with E-state index in [1.54, 1.807) is 7.05 Å². The molecule has 1 aliphatic rings. The van der Waals surface area contributed by atoms with Crippen molar-refractivity contribution in [3.05, 3.63) is 21.8 Å². The maximum absolute atomic E-state index is 11.8. The van der Waals surface area contributed by atoms with Crippen molar-refractivity contribution in [3.63, 3.8) is 0 Å². The molecule has 1 fully saturated rings. The van der Waals surface area contributed by atoms with E-state index in [-0.39, 0.29) is 104 Å². The van der Waals surface area contributed by atoms with Crippen molar-refractivity contribution in [1.29, 1.82) is 0 Å². The predicted molar refractivity (Wildman–Crippen MR) is 176 cm³/mol. The molecule has 0 bridgehead atoms. The van der Waals surface area contributed by atoms with Gasteiger partial charge in [0.15, 0.2) is 6.29 Å². The standard InChI is InChI=1S/C20H34NO8.C9H18BN3O2.2CH3.V.W/c1-6-25-11-9-21-18(24)8-7-10-26-20-14(3)13(2)19(28-16(5)23)17(29-20)12-27-15(4)22;1-11-8(14)7-13(9(15)6-10)5-4-12(2)3;;;;/h13-14,17,19-20H,1,6-12H2,2-5H3,(H,21,24);4-7H2,1-3H3,(H,11,14);2*1H3;;/q-1;;2*-1;+2;. The van der Waals surface area contributed by atoms with Gasteiger partial charge in [-0.25, -0.2) is 0 Å². The summed E-state index contributed by atoms with van der Waals surface area (Å²) in [5, 5.41) is 5.23. The van der Waals surface area contributed by atoms with Gasteiger partial charge in [-0.3, -0.25) is 24.0 Å². The smallest absolute Gasteiger partial charge is 0.463 e. The molecule has 48 heavy (non-hydrogen) atoms. The summed E-state index contributed by atoms with van der Waals surface area (Å²) < 4.78 is 27.3. The zero-order valence-corrected chi connectivity index (χ0v) is 34.6. The van der Waals surface area contributed by atoms with E-state index in [0.29, 0.717) is 52.3 Å². The molecule has 3 amide bonds. The summed E-state index contributed by atoms with van der Waals surface area (Å²) in [4.78, 5) is 60.3. The summed E-state index contributed by atoms with van der Waals surface area (Å²) in [6.45, 7) is 12.9. The molecule has 1 aliphatic heterocycles. The summed E-state index contributed by atoms with van der Waals surface area (Å²) in [5.41, 5.74) is 0. The Balaban J connectivity index is -0.000000280. The zero-order valence-electron chi connectivity index (χ0n) is 30.3. The summed E-state index contributed by atoms with van der Waals surface area (Å²) >= 11 is 0. The van der Waals surface area contributed by atoms with Gasteiger partial charge in [0.05, 0.1) is 27.6 Å². The van der Waals surface area contributed by atoms with Gasteiger partial charge < -0.3 is 65.9 Å². The monoisotopic (exact) mass is 892 g/mol. The second-order valence-corrected chi connectivity index (χ2v) is 10.6. The molecule has 14 nitrogen and oxygen atoms in total. The number of carbonyl (C=O) groups excluding carboxylic acids is 5. The second-order valence-electron chi connectivity index (χ2n) is 10.6. The third-order valence-corrected chi connectivity index (χ3v) is 6.71. The second kappa shape index (κ2) is 32.7. The fraction of sp³-hybridized carbons (Fsp3) is 0.742. The number of likely N-dealkylation sites (N-methyl/N-ethyl adjacent to an activating group) is 2. The number of hydrogen-bond acceptors (Lipinski definition) is 11. The van der Waals surface area contributed by atoms with Crippen LogP contribution in [0.3, 0.4) is 0 Å². The molecule has 1 rings (SSSR count). The van der Waals surface area contributed by atoms with Crippen molar-refractivity contribution in [2.24, 2.45) is 11.8 Å². The summed E-state index contributed by atoms with van der Waals surface area (Å²) in [7, 11) is 10.6. The van der Waals surface area contributed by atoms with Crippen molar-refractivity contribution in [3.8, 4) is 0 Å². The molecule has 0 aromatic rings. The number of amides is 3. The number of nitrogens with zero attached hydrogens (tertiary/aromatic N) is 2. The molecular formula is C31H58BN4O10VW-. The molecule has 5 atom stereocenters.